The molecule has 3 aromatic rings. The SMILES string of the molecule is Cc1cccc(-c2cnc3c(Cl)nccn23)c1. The Labute approximate surface area is 104 Å². The third kappa shape index (κ3) is 1.68. The van der Waals surface area contributed by atoms with E-state index in [-0.39, 0.29) is 0 Å². The first kappa shape index (κ1) is 10.3. The van der Waals surface area contributed by atoms with Gasteiger partial charge in [-0.15, -0.1) is 0 Å². The van der Waals surface area contributed by atoms with Crippen LogP contribution in [0.2, 0.25) is 5.15 Å². The molecule has 0 amide bonds. The van der Waals surface area contributed by atoms with Crippen LogP contribution in [-0.2, 0) is 0 Å². The Bertz CT molecular complexity index is 688. The number of hydrogen-bond donors (Lipinski definition) is 0. The number of benzene rings is 1. The van der Waals surface area contributed by atoms with Gasteiger partial charge in [0.15, 0.2) is 10.8 Å². The molecular formula is C13H10ClN3. The zero-order valence-corrected chi connectivity index (χ0v) is 10.0. The van der Waals surface area contributed by atoms with E-state index in [4.69, 9.17) is 11.6 Å². The lowest BCUT2D eigenvalue weighted by atomic mass is 10.1. The van der Waals surface area contributed by atoms with E-state index in [1.54, 1.807) is 6.20 Å². The lowest BCUT2D eigenvalue weighted by molar-refractivity contribution is 1.13. The summed E-state index contributed by atoms with van der Waals surface area (Å²) in [5.41, 5.74) is 4.05. The second-order valence-electron chi connectivity index (χ2n) is 3.92. The maximum Gasteiger partial charge on any atom is 0.175 e. The molecule has 0 radical (unpaired) electrons. The van der Waals surface area contributed by atoms with Gasteiger partial charge in [0.2, 0.25) is 0 Å². The van der Waals surface area contributed by atoms with E-state index in [1.165, 1.54) is 5.56 Å². The molecule has 2 aromatic heterocycles. The van der Waals surface area contributed by atoms with E-state index in [2.05, 4.69) is 35.1 Å². The van der Waals surface area contributed by atoms with Crippen molar-refractivity contribution >= 4 is 17.2 Å². The normalized spacial score (nSPS) is 10.9. The summed E-state index contributed by atoms with van der Waals surface area (Å²) in [6, 6.07) is 8.29. The summed E-state index contributed by atoms with van der Waals surface area (Å²) in [7, 11) is 0. The van der Waals surface area contributed by atoms with Gasteiger partial charge < -0.3 is 0 Å². The Hall–Kier alpha value is -1.87. The maximum absolute atomic E-state index is 5.99. The summed E-state index contributed by atoms with van der Waals surface area (Å²) in [5.74, 6) is 0. The number of aryl methyl sites for hydroxylation is 1. The summed E-state index contributed by atoms with van der Waals surface area (Å²) < 4.78 is 1.95. The van der Waals surface area contributed by atoms with Crippen molar-refractivity contribution in [3.8, 4) is 11.3 Å². The van der Waals surface area contributed by atoms with Gasteiger partial charge in [0.05, 0.1) is 11.9 Å². The van der Waals surface area contributed by atoms with Crippen LogP contribution in [0.1, 0.15) is 5.56 Å². The molecule has 0 bridgehead atoms. The Morgan fingerprint density at radius 1 is 1.24 bits per heavy atom. The quantitative estimate of drug-likeness (QED) is 0.656. The van der Waals surface area contributed by atoms with Crippen LogP contribution in [0.4, 0.5) is 0 Å². The van der Waals surface area contributed by atoms with Crippen LogP contribution < -0.4 is 0 Å². The Balaban J connectivity index is 2.28. The van der Waals surface area contributed by atoms with E-state index < -0.39 is 0 Å². The molecule has 0 atom stereocenters. The highest BCUT2D eigenvalue weighted by Crippen LogP contribution is 2.23. The Kier molecular flexibility index (Phi) is 2.34. The number of rotatable bonds is 1. The Morgan fingerprint density at radius 2 is 2.12 bits per heavy atom. The minimum absolute atomic E-state index is 0.423. The molecule has 3 rings (SSSR count). The number of halogens is 1. The van der Waals surface area contributed by atoms with E-state index >= 15 is 0 Å². The molecule has 84 valence electrons. The molecule has 0 unspecified atom stereocenters. The van der Waals surface area contributed by atoms with Crippen LogP contribution in [0, 0.1) is 6.92 Å². The van der Waals surface area contributed by atoms with Crippen LogP contribution in [0.5, 0.6) is 0 Å². The van der Waals surface area contributed by atoms with Gasteiger partial charge in [-0.25, -0.2) is 9.97 Å². The lowest BCUT2D eigenvalue weighted by Crippen LogP contribution is -1.90. The molecule has 0 saturated carbocycles. The molecule has 4 heteroatoms. The highest BCUT2D eigenvalue weighted by molar-refractivity contribution is 6.32. The summed E-state index contributed by atoms with van der Waals surface area (Å²) in [4.78, 5) is 8.31. The molecule has 0 aliphatic carbocycles. The number of hydrogen-bond acceptors (Lipinski definition) is 2. The predicted octanol–water partition coefficient (Wildman–Crippen LogP) is 3.36. The van der Waals surface area contributed by atoms with Crippen molar-refractivity contribution in [1.29, 1.82) is 0 Å². The monoisotopic (exact) mass is 243 g/mol. The molecule has 0 N–H and O–H groups in total. The second-order valence-corrected chi connectivity index (χ2v) is 4.28. The average molecular weight is 244 g/mol. The fraction of sp³-hybridized carbons (Fsp3) is 0.0769. The van der Waals surface area contributed by atoms with Gasteiger partial charge in [0.1, 0.15) is 0 Å². The van der Waals surface area contributed by atoms with Gasteiger partial charge in [-0.05, 0) is 13.0 Å². The highest BCUT2D eigenvalue weighted by Gasteiger charge is 2.08. The van der Waals surface area contributed by atoms with Gasteiger partial charge in [0, 0.05) is 18.0 Å². The van der Waals surface area contributed by atoms with Crippen molar-refractivity contribution in [3.63, 3.8) is 0 Å². The standard InChI is InChI=1S/C13H10ClN3/c1-9-3-2-4-10(7-9)11-8-16-13-12(14)15-5-6-17(11)13/h2-8H,1H3. The third-order valence-corrected chi connectivity index (χ3v) is 2.97. The zero-order valence-electron chi connectivity index (χ0n) is 9.26. The summed E-state index contributed by atoms with van der Waals surface area (Å²) >= 11 is 5.99. The highest BCUT2D eigenvalue weighted by atomic mass is 35.5. The topological polar surface area (TPSA) is 30.2 Å². The van der Waals surface area contributed by atoms with Crippen LogP contribution in [0.15, 0.2) is 42.9 Å². The van der Waals surface area contributed by atoms with Crippen LogP contribution in [-0.4, -0.2) is 14.4 Å². The van der Waals surface area contributed by atoms with Gasteiger partial charge in [-0.1, -0.05) is 35.4 Å². The molecule has 3 nitrogen and oxygen atoms in total. The van der Waals surface area contributed by atoms with E-state index in [9.17, 15) is 0 Å². The molecular weight excluding hydrogens is 234 g/mol. The maximum atomic E-state index is 5.99. The first-order chi connectivity index (χ1) is 8.25. The number of nitrogens with zero attached hydrogens (tertiary/aromatic N) is 3. The summed E-state index contributed by atoms with van der Waals surface area (Å²) in [5, 5.41) is 0.423. The van der Waals surface area contributed by atoms with Crippen molar-refractivity contribution in [2.75, 3.05) is 0 Å². The van der Waals surface area contributed by atoms with E-state index in [0.29, 0.717) is 10.8 Å². The lowest BCUT2D eigenvalue weighted by Gasteiger charge is -2.03. The zero-order chi connectivity index (χ0) is 11.8. The van der Waals surface area contributed by atoms with Gasteiger partial charge in [-0.2, -0.15) is 0 Å². The summed E-state index contributed by atoms with van der Waals surface area (Å²) in [6.07, 6.45) is 5.36. The molecule has 0 aliphatic rings. The van der Waals surface area contributed by atoms with Crippen molar-refractivity contribution in [2.45, 2.75) is 6.92 Å². The summed E-state index contributed by atoms with van der Waals surface area (Å²) in [6.45, 7) is 2.07. The average Bonchev–Trinajstić information content (AvgIpc) is 2.74. The number of fused-ring (bicyclic) bond motifs is 1. The second kappa shape index (κ2) is 3.86. The van der Waals surface area contributed by atoms with Gasteiger partial charge >= 0.3 is 0 Å². The van der Waals surface area contributed by atoms with Crippen molar-refractivity contribution in [2.24, 2.45) is 0 Å². The smallest absolute Gasteiger partial charge is 0.175 e. The largest absolute Gasteiger partial charge is 0.296 e. The predicted molar refractivity (Wildman–Crippen MR) is 68.2 cm³/mol. The van der Waals surface area contributed by atoms with Crippen molar-refractivity contribution in [1.82, 2.24) is 14.4 Å². The first-order valence-electron chi connectivity index (χ1n) is 5.30. The molecule has 2 heterocycles. The number of imidazole rings is 1. The minimum Gasteiger partial charge on any atom is -0.296 e. The molecule has 17 heavy (non-hydrogen) atoms. The van der Waals surface area contributed by atoms with Crippen LogP contribution in [0.3, 0.4) is 0 Å². The third-order valence-electron chi connectivity index (χ3n) is 2.70. The van der Waals surface area contributed by atoms with Crippen molar-refractivity contribution < 1.29 is 0 Å². The fourth-order valence-electron chi connectivity index (χ4n) is 1.91. The molecule has 0 spiro atoms. The molecule has 0 fully saturated rings. The molecule has 1 aromatic carbocycles. The van der Waals surface area contributed by atoms with Gasteiger partial charge in [0.25, 0.3) is 0 Å². The van der Waals surface area contributed by atoms with E-state index in [0.717, 1.165) is 11.3 Å². The van der Waals surface area contributed by atoms with Crippen LogP contribution >= 0.6 is 11.6 Å². The van der Waals surface area contributed by atoms with Crippen molar-refractivity contribution in [3.05, 3.63) is 53.6 Å². The molecule has 0 aliphatic heterocycles. The minimum atomic E-state index is 0.423. The Morgan fingerprint density at radius 3 is 2.94 bits per heavy atom. The van der Waals surface area contributed by atoms with Crippen LogP contribution in [0.25, 0.3) is 16.9 Å². The fourth-order valence-corrected chi connectivity index (χ4v) is 2.10. The van der Waals surface area contributed by atoms with Gasteiger partial charge in [-0.3, -0.25) is 4.40 Å². The van der Waals surface area contributed by atoms with E-state index in [1.807, 2.05) is 22.9 Å². The number of aromatic nitrogens is 3. The molecule has 0 saturated heterocycles. The first-order valence-corrected chi connectivity index (χ1v) is 5.68.